The lowest BCUT2D eigenvalue weighted by Crippen LogP contribution is -2.26. The third kappa shape index (κ3) is 4.08. The van der Waals surface area contributed by atoms with Crippen LogP contribution in [0, 0.1) is 0 Å². The molecule has 5 rings (SSSR count). The minimum atomic E-state index is -0.343. The second-order valence-electron chi connectivity index (χ2n) is 8.05. The molecular weight excluding hydrogens is 442 g/mol. The number of nitrogens with zero attached hydrogens (tertiary/aromatic N) is 2. The average molecular weight is 466 g/mol. The average Bonchev–Trinajstić information content (AvgIpc) is 3.16. The van der Waals surface area contributed by atoms with Crippen LogP contribution < -0.4 is 19.8 Å². The van der Waals surface area contributed by atoms with Crippen LogP contribution >= 0.6 is 0 Å². The first-order valence-corrected chi connectivity index (χ1v) is 11.1. The van der Waals surface area contributed by atoms with Crippen LogP contribution in [-0.4, -0.2) is 32.2 Å². The van der Waals surface area contributed by atoms with Crippen molar-refractivity contribution in [3.63, 3.8) is 0 Å². The molecule has 0 radical (unpaired) electrons. The molecule has 0 fully saturated rings. The fourth-order valence-corrected chi connectivity index (χ4v) is 4.32. The fourth-order valence-electron chi connectivity index (χ4n) is 4.32. The maximum atomic E-state index is 13.0. The molecule has 7 nitrogen and oxygen atoms in total. The lowest BCUT2D eigenvalue weighted by Gasteiger charge is -2.18. The van der Waals surface area contributed by atoms with Gasteiger partial charge in [0, 0.05) is 22.1 Å². The predicted octanol–water partition coefficient (Wildman–Crippen LogP) is 4.78. The molecule has 0 atom stereocenters. The number of amides is 2. The molecule has 0 aromatic heterocycles. The molecular formula is C28H23N3O4. The Morgan fingerprint density at radius 3 is 2.43 bits per heavy atom. The van der Waals surface area contributed by atoms with Crippen LogP contribution in [0.15, 0.2) is 84.0 Å². The van der Waals surface area contributed by atoms with Crippen LogP contribution in [0.1, 0.15) is 31.8 Å². The van der Waals surface area contributed by atoms with Crippen molar-refractivity contribution in [2.75, 3.05) is 19.1 Å². The first-order chi connectivity index (χ1) is 17.1. The summed E-state index contributed by atoms with van der Waals surface area (Å²) in [6, 6.07) is 24.3. The summed E-state index contributed by atoms with van der Waals surface area (Å²) in [5.74, 6) is 0.755. The molecule has 174 valence electrons. The highest BCUT2D eigenvalue weighted by Gasteiger charge is 2.29. The Hall–Kier alpha value is -4.65. The summed E-state index contributed by atoms with van der Waals surface area (Å²) in [5.41, 5.74) is 6.22. The Bertz CT molecular complexity index is 1460. The summed E-state index contributed by atoms with van der Waals surface area (Å²) in [4.78, 5) is 27.3. The number of carbonyl (C=O) groups excluding carboxylic acids is 2. The van der Waals surface area contributed by atoms with Gasteiger partial charge in [0.05, 0.1) is 32.7 Å². The summed E-state index contributed by atoms with van der Waals surface area (Å²) in [7, 11) is 3.10. The molecule has 1 heterocycles. The van der Waals surface area contributed by atoms with Gasteiger partial charge in [-0.2, -0.15) is 5.10 Å². The van der Waals surface area contributed by atoms with Crippen molar-refractivity contribution in [2.45, 2.75) is 6.54 Å². The van der Waals surface area contributed by atoms with Crippen molar-refractivity contribution >= 4 is 34.5 Å². The Kier molecular flexibility index (Phi) is 5.89. The standard InChI is InChI=1S/C28H23N3O4/c1-34-24-11-5-8-21(26(24)35-2)16-29-30-27(32)20-14-12-18(13-15-20)17-31-23-10-4-7-19-6-3-9-22(25(19)23)28(31)33/h3-16H,17H2,1-2H3,(H,30,32). The van der Waals surface area contributed by atoms with Crippen molar-refractivity contribution in [3.8, 4) is 11.5 Å². The van der Waals surface area contributed by atoms with Gasteiger partial charge < -0.3 is 14.4 Å². The maximum absolute atomic E-state index is 13.0. The molecule has 0 saturated heterocycles. The number of ether oxygens (including phenoxy) is 2. The first-order valence-electron chi connectivity index (χ1n) is 11.1. The van der Waals surface area contributed by atoms with Gasteiger partial charge in [-0.3, -0.25) is 9.59 Å². The summed E-state index contributed by atoms with van der Waals surface area (Å²) in [6.07, 6.45) is 1.50. The van der Waals surface area contributed by atoms with Crippen LogP contribution in [0.4, 0.5) is 5.69 Å². The zero-order chi connectivity index (χ0) is 24.4. The van der Waals surface area contributed by atoms with Gasteiger partial charge in [0.2, 0.25) is 0 Å². The van der Waals surface area contributed by atoms with Gasteiger partial charge >= 0.3 is 0 Å². The molecule has 4 aromatic carbocycles. The fraction of sp³-hybridized carbons (Fsp3) is 0.107. The number of para-hydroxylation sites is 1. The van der Waals surface area contributed by atoms with Crippen molar-refractivity contribution in [1.82, 2.24) is 5.43 Å². The summed E-state index contributed by atoms with van der Waals surface area (Å²) < 4.78 is 10.6. The Balaban J connectivity index is 1.27. The van der Waals surface area contributed by atoms with Gasteiger partial charge in [0.15, 0.2) is 11.5 Å². The molecule has 0 saturated carbocycles. The van der Waals surface area contributed by atoms with Crippen LogP contribution in [0.5, 0.6) is 11.5 Å². The number of rotatable bonds is 7. The van der Waals surface area contributed by atoms with Gasteiger partial charge in [0.1, 0.15) is 0 Å². The van der Waals surface area contributed by atoms with Crippen LogP contribution in [0.3, 0.4) is 0 Å². The number of anilines is 1. The number of nitrogens with one attached hydrogen (secondary N) is 1. The Morgan fingerprint density at radius 2 is 1.69 bits per heavy atom. The lowest BCUT2D eigenvalue weighted by molar-refractivity contribution is 0.0953. The zero-order valence-corrected chi connectivity index (χ0v) is 19.3. The topological polar surface area (TPSA) is 80.2 Å². The second kappa shape index (κ2) is 9.30. The maximum Gasteiger partial charge on any atom is 0.271 e. The number of hydrogen-bond acceptors (Lipinski definition) is 5. The molecule has 35 heavy (non-hydrogen) atoms. The molecule has 0 aliphatic carbocycles. The van der Waals surface area contributed by atoms with E-state index in [1.54, 1.807) is 37.3 Å². The van der Waals surface area contributed by atoms with Gasteiger partial charge in [-0.1, -0.05) is 42.5 Å². The lowest BCUT2D eigenvalue weighted by atomic mass is 10.1. The third-order valence-electron chi connectivity index (χ3n) is 6.01. The van der Waals surface area contributed by atoms with Crippen molar-refractivity contribution < 1.29 is 19.1 Å². The SMILES string of the molecule is COc1cccc(C=NNC(=O)c2ccc(CN3C(=O)c4cccc5cccc3c45)cc2)c1OC. The first kappa shape index (κ1) is 22.2. The number of hydrogen-bond donors (Lipinski definition) is 1. The number of methoxy groups -OCH3 is 2. The zero-order valence-electron chi connectivity index (χ0n) is 19.3. The molecule has 0 unspecified atom stereocenters. The van der Waals surface area contributed by atoms with Crippen molar-refractivity contribution in [1.29, 1.82) is 0 Å². The van der Waals surface area contributed by atoms with E-state index in [0.29, 0.717) is 29.2 Å². The molecule has 4 aromatic rings. The van der Waals surface area contributed by atoms with Gasteiger partial charge in [0.25, 0.3) is 11.8 Å². The summed E-state index contributed by atoms with van der Waals surface area (Å²) in [5, 5.41) is 6.09. The van der Waals surface area contributed by atoms with Gasteiger partial charge in [-0.05, 0) is 47.3 Å². The number of hydrazone groups is 1. The van der Waals surface area contributed by atoms with E-state index in [0.717, 1.165) is 27.6 Å². The van der Waals surface area contributed by atoms with E-state index in [9.17, 15) is 9.59 Å². The van der Waals surface area contributed by atoms with E-state index in [1.165, 1.54) is 6.21 Å². The predicted molar refractivity (Wildman–Crippen MR) is 136 cm³/mol. The van der Waals surface area contributed by atoms with Crippen molar-refractivity contribution in [3.05, 3.63) is 101 Å². The van der Waals surface area contributed by atoms with E-state index in [4.69, 9.17) is 9.47 Å². The van der Waals surface area contributed by atoms with Crippen LogP contribution in [0.2, 0.25) is 0 Å². The smallest absolute Gasteiger partial charge is 0.271 e. The van der Waals surface area contributed by atoms with E-state index >= 15 is 0 Å². The molecule has 7 heteroatoms. The van der Waals surface area contributed by atoms with E-state index in [-0.39, 0.29) is 11.8 Å². The number of carbonyl (C=O) groups is 2. The summed E-state index contributed by atoms with van der Waals surface area (Å²) in [6.45, 7) is 0.419. The monoisotopic (exact) mass is 465 g/mol. The molecule has 2 amide bonds. The minimum Gasteiger partial charge on any atom is -0.493 e. The quantitative estimate of drug-likeness (QED) is 0.315. The van der Waals surface area contributed by atoms with E-state index in [1.807, 2.05) is 60.7 Å². The molecule has 1 aliphatic rings. The third-order valence-corrected chi connectivity index (χ3v) is 6.01. The molecule has 0 bridgehead atoms. The van der Waals surface area contributed by atoms with E-state index in [2.05, 4.69) is 10.5 Å². The van der Waals surface area contributed by atoms with E-state index < -0.39 is 0 Å². The minimum absolute atomic E-state index is 0.0130. The second-order valence-corrected chi connectivity index (χ2v) is 8.05. The van der Waals surface area contributed by atoms with Crippen LogP contribution in [0.25, 0.3) is 10.8 Å². The van der Waals surface area contributed by atoms with Crippen molar-refractivity contribution in [2.24, 2.45) is 5.10 Å². The number of benzene rings is 4. The largest absolute Gasteiger partial charge is 0.493 e. The molecule has 1 aliphatic heterocycles. The highest BCUT2D eigenvalue weighted by atomic mass is 16.5. The Morgan fingerprint density at radius 1 is 0.943 bits per heavy atom. The summed E-state index contributed by atoms with van der Waals surface area (Å²) >= 11 is 0. The Labute approximate surface area is 202 Å². The highest BCUT2D eigenvalue weighted by molar-refractivity contribution is 6.24. The molecule has 0 spiro atoms. The highest BCUT2D eigenvalue weighted by Crippen LogP contribution is 2.38. The molecule has 1 N–H and O–H groups in total. The van der Waals surface area contributed by atoms with Gasteiger partial charge in [-0.15, -0.1) is 0 Å². The normalized spacial score (nSPS) is 12.4. The van der Waals surface area contributed by atoms with Crippen LogP contribution in [-0.2, 0) is 6.54 Å². The van der Waals surface area contributed by atoms with Gasteiger partial charge in [-0.25, -0.2) is 5.43 Å².